The van der Waals surface area contributed by atoms with Crippen LogP contribution >= 0.6 is 0 Å². The van der Waals surface area contributed by atoms with Gasteiger partial charge < -0.3 is 9.66 Å². The predicted molar refractivity (Wildman–Crippen MR) is 94.0 cm³/mol. The fourth-order valence-electron chi connectivity index (χ4n) is 2.22. The highest BCUT2D eigenvalue weighted by molar-refractivity contribution is 7.90. The highest BCUT2D eigenvalue weighted by Gasteiger charge is 2.40. The third-order valence-corrected chi connectivity index (χ3v) is 5.58. The first-order chi connectivity index (χ1) is 11.6. The highest BCUT2D eigenvalue weighted by atomic mass is 32.2. The van der Waals surface area contributed by atoms with E-state index in [1.165, 1.54) is 12.3 Å². The number of benzene rings is 1. The third-order valence-electron chi connectivity index (χ3n) is 3.87. The first-order valence-corrected chi connectivity index (χ1v) is 8.94. The zero-order chi connectivity index (χ0) is 18.8. The Bertz CT molecular complexity index is 735. The first-order valence-electron chi connectivity index (χ1n) is 7.79. The minimum absolute atomic E-state index is 0.156. The molecule has 0 saturated carbocycles. The average molecular weight is 368 g/mol. The van der Waals surface area contributed by atoms with Crippen LogP contribution in [0.3, 0.4) is 0 Å². The monoisotopic (exact) mass is 368 g/mol. The van der Waals surface area contributed by atoms with Gasteiger partial charge in [-0.05, 0) is 57.0 Å². The molecule has 0 aliphatic rings. The van der Waals surface area contributed by atoms with Crippen molar-refractivity contribution in [2.45, 2.75) is 44.6 Å². The Morgan fingerprint density at radius 3 is 2.28 bits per heavy atom. The smallest absolute Gasteiger partial charge is 0.159 e. The minimum Gasteiger partial charge on any atom is -0.598 e. The Balaban J connectivity index is 2.54. The lowest BCUT2D eigenvalue weighted by Gasteiger charge is -2.35. The van der Waals surface area contributed by atoms with Gasteiger partial charge in [-0.1, -0.05) is 12.1 Å². The summed E-state index contributed by atoms with van der Waals surface area (Å²) in [7, 11) is 0. The van der Waals surface area contributed by atoms with Gasteiger partial charge in [0, 0.05) is 17.6 Å². The van der Waals surface area contributed by atoms with E-state index in [1.807, 2.05) is 20.8 Å². The maximum atomic E-state index is 13.8. The summed E-state index contributed by atoms with van der Waals surface area (Å²) in [4.78, 5) is 4.31. The van der Waals surface area contributed by atoms with Gasteiger partial charge in [-0.25, -0.2) is 8.78 Å². The molecule has 4 nitrogen and oxygen atoms in total. The van der Waals surface area contributed by atoms with Gasteiger partial charge in [0.15, 0.2) is 11.6 Å². The van der Waals surface area contributed by atoms with Crippen LogP contribution in [0.2, 0.25) is 0 Å². The Hall–Kier alpha value is -1.54. The number of hydrogen-bond acceptors (Lipinski definition) is 4. The van der Waals surface area contributed by atoms with Crippen molar-refractivity contribution in [2.75, 3.05) is 0 Å². The summed E-state index contributed by atoms with van der Waals surface area (Å²) in [5.74, 6) is -1.94. The topological polar surface area (TPSA) is 68.2 Å². The summed E-state index contributed by atoms with van der Waals surface area (Å²) in [5.41, 5.74) is 0.385. The van der Waals surface area contributed by atoms with Crippen LogP contribution < -0.4 is 4.72 Å². The number of rotatable bonds is 5. The third kappa shape index (κ3) is 4.36. The second-order valence-electron chi connectivity index (χ2n) is 6.95. The van der Waals surface area contributed by atoms with Crippen molar-refractivity contribution >= 4 is 11.4 Å². The Labute approximate surface area is 149 Å². The van der Waals surface area contributed by atoms with Crippen molar-refractivity contribution < 1.29 is 18.4 Å². The zero-order valence-corrected chi connectivity index (χ0v) is 15.5. The van der Waals surface area contributed by atoms with Gasteiger partial charge >= 0.3 is 0 Å². The van der Waals surface area contributed by atoms with E-state index in [4.69, 9.17) is 0 Å². The number of halogens is 2. The molecule has 1 aromatic heterocycles. The molecule has 136 valence electrons. The van der Waals surface area contributed by atoms with E-state index in [0.717, 1.165) is 12.1 Å². The standard InChI is InChI=1S/C18H22F2N2O2S/c1-17(2,3)25(24)22-18(4,13-6-7-14(19)15(20)9-13)16-8-5-12(11-23)10-21-16/h5-10,22-23H,11H2,1-4H3/t18-,25+/m0/s1. The van der Waals surface area contributed by atoms with Crippen LogP contribution in [0.5, 0.6) is 0 Å². The van der Waals surface area contributed by atoms with Crippen LogP contribution in [0.1, 0.15) is 44.5 Å². The van der Waals surface area contributed by atoms with Gasteiger partial charge in [-0.2, -0.15) is 0 Å². The van der Waals surface area contributed by atoms with Gasteiger partial charge in [0.2, 0.25) is 0 Å². The summed E-state index contributed by atoms with van der Waals surface area (Å²) < 4.78 is 42.2. The lowest BCUT2D eigenvalue weighted by molar-refractivity contribution is 0.281. The van der Waals surface area contributed by atoms with Crippen molar-refractivity contribution in [3.05, 3.63) is 65.0 Å². The van der Waals surface area contributed by atoms with E-state index in [9.17, 15) is 18.4 Å². The zero-order valence-electron chi connectivity index (χ0n) is 14.6. The quantitative estimate of drug-likeness (QED) is 0.796. The molecular weight excluding hydrogens is 346 g/mol. The molecule has 25 heavy (non-hydrogen) atoms. The van der Waals surface area contributed by atoms with E-state index >= 15 is 0 Å². The SMILES string of the molecule is CC(C)(C)[S@@+]([O-])N[C@@](C)(c1ccc(F)c(F)c1)c1ccc(CO)cn1. The molecule has 0 amide bonds. The number of aliphatic hydroxyl groups is 1. The lowest BCUT2D eigenvalue weighted by atomic mass is 9.89. The van der Waals surface area contributed by atoms with Crippen molar-refractivity contribution in [1.82, 2.24) is 9.71 Å². The summed E-state index contributed by atoms with van der Waals surface area (Å²) in [6.07, 6.45) is 1.50. The molecule has 7 heteroatoms. The van der Waals surface area contributed by atoms with E-state index in [1.54, 1.807) is 19.1 Å². The van der Waals surface area contributed by atoms with E-state index in [0.29, 0.717) is 16.8 Å². The Morgan fingerprint density at radius 2 is 1.80 bits per heavy atom. The molecule has 0 fully saturated rings. The van der Waals surface area contributed by atoms with E-state index in [-0.39, 0.29) is 6.61 Å². The number of aliphatic hydroxyl groups excluding tert-OH is 1. The number of nitrogens with zero attached hydrogens (tertiary/aromatic N) is 1. The summed E-state index contributed by atoms with van der Waals surface area (Å²) in [6, 6.07) is 6.89. The molecule has 0 radical (unpaired) electrons. The normalized spacial score (nSPS) is 15.7. The molecule has 2 rings (SSSR count). The molecule has 0 saturated heterocycles. The highest BCUT2D eigenvalue weighted by Crippen LogP contribution is 2.32. The second kappa shape index (κ2) is 7.37. The molecule has 0 aliphatic carbocycles. The fourth-order valence-corrected chi connectivity index (χ4v) is 3.12. The van der Waals surface area contributed by atoms with Crippen LogP contribution in [0.25, 0.3) is 0 Å². The maximum absolute atomic E-state index is 13.8. The first kappa shape index (κ1) is 19.8. The molecule has 1 heterocycles. The van der Waals surface area contributed by atoms with Crippen LogP contribution in [-0.2, 0) is 23.5 Å². The number of aromatic nitrogens is 1. The van der Waals surface area contributed by atoms with Crippen LogP contribution in [0, 0.1) is 11.6 Å². The second-order valence-corrected chi connectivity index (χ2v) is 8.91. The van der Waals surface area contributed by atoms with Crippen LogP contribution in [0.4, 0.5) is 8.78 Å². The van der Waals surface area contributed by atoms with Crippen molar-refractivity contribution in [3.8, 4) is 0 Å². The summed E-state index contributed by atoms with van der Waals surface area (Å²) in [6.45, 7) is 6.99. The molecule has 0 aliphatic heterocycles. The Kier molecular flexibility index (Phi) is 5.83. The number of pyridine rings is 1. The summed E-state index contributed by atoms with van der Waals surface area (Å²) >= 11 is -1.48. The van der Waals surface area contributed by atoms with Gasteiger partial charge in [-0.15, -0.1) is 4.72 Å². The molecule has 0 bridgehead atoms. The molecular formula is C18H22F2N2O2S. The predicted octanol–water partition coefficient (Wildman–Crippen LogP) is 3.17. The van der Waals surface area contributed by atoms with Gasteiger partial charge in [-0.3, -0.25) is 4.98 Å². The largest absolute Gasteiger partial charge is 0.598 e. The molecule has 2 N–H and O–H groups in total. The van der Waals surface area contributed by atoms with Crippen LogP contribution in [0.15, 0.2) is 36.5 Å². The van der Waals surface area contributed by atoms with Crippen molar-refractivity contribution in [2.24, 2.45) is 0 Å². The minimum atomic E-state index is -1.48. The lowest BCUT2D eigenvalue weighted by Crippen LogP contribution is -2.51. The molecule has 0 unspecified atom stereocenters. The fraction of sp³-hybridized carbons (Fsp3) is 0.389. The Morgan fingerprint density at radius 1 is 1.12 bits per heavy atom. The van der Waals surface area contributed by atoms with Gasteiger partial charge in [0.1, 0.15) is 10.3 Å². The van der Waals surface area contributed by atoms with Gasteiger partial charge in [0.25, 0.3) is 0 Å². The van der Waals surface area contributed by atoms with Crippen molar-refractivity contribution in [1.29, 1.82) is 0 Å². The summed E-state index contributed by atoms with van der Waals surface area (Å²) in [5, 5.41) is 9.17. The van der Waals surface area contributed by atoms with Crippen molar-refractivity contribution in [3.63, 3.8) is 0 Å². The van der Waals surface area contributed by atoms with Crippen LogP contribution in [-0.4, -0.2) is 19.4 Å². The van der Waals surface area contributed by atoms with E-state index < -0.39 is 33.3 Å². The molecule has 2 aromatic rings. The van der Waals surface area contributed by atoms with Gasteiger partial charge in [0.05, 0.1) is 12.3 Å². The maximum Gasteiger partial charge on any atom is 0.159 e. The molecule has 2 atom stereocenters. The number of hydrogen-bond donors (Lipinski definition) is 2. The number of nitrogens with one attached hydrogen (secondary N) is 1. The average Bonchev–Trinajstić information content (AvgIpc) is 2.56. The molecule has 1 aromatic carbocycles. The van der Waals surface area contributed by atoms with E-state index in [2.05, 4.69) is 9.71 Å². The molecule has 0 spiro atoms.